The van der Waals surface area contributed by atoms with Crippen LogP contribution in [0.2, 0.25) is 0 Å². The molecule has 0 saturated carbocycles. The minimum atomic E-state index is -0.270. The van der Waals surface area contributed by atoms with Crippen LogP contribution in [0.25, 0.3) is 0 Å². The fraction of sp³-hybridized carbons (Fsp3) is 0.500. The van der Waals surface area contributed by atoms with Crippen molar-refractivity contribution in [3.05, 3.63) is 0 Å². The lowest BCUT2D eigenvalue weighted by molar-refractivity contribution is -0.148. The Morgan fingerprint density at radius 3 is 3.27 bits per heavy atom. The van der Waals surface area contributed by atoms with Crippen molar-refractivity contribution in [2.45, 2.75) is 12.1 Å². The summed E-state index contributed by atoms with van der Waals surface area (Å²) in [4.78, 5) is 10.7. The van der Waals surface area contributed by atoms with E-state index in [0.29, 0.717) is 0 Å². The number of ether oxygens (including phenoxy) is 1. The van der Waals surface area contributed by atoms with E-state index in [1.165, 1.54) is 6.21 Å². The number of rotatable bonds is 0. The Bertz CT molecular complexity index is 236. The first kappa shape index (κ1) is 6.48. The zero-order valence-corrected chi connectivity index (χ0v) is 5.73. The van der Waals surface area contributed by atoms with E-state index in [-0.39, 0.29) is 24.7 Å². The highest BCUT2D eigenvalue weighted by Crippen LogP contribution is 2.04. The molecule has 0 aromatic carbocycles. The zero-order valence-electron chi connectivity index (χ0n) is 5.73. The van der Waals surface area contributed by atoms with Gasteiger partial charge in [-0.25, -0.2) is 0 Å². The van der Waals surface area contributed by atoms with Crippen molar-refractivity contribution >= 4 is 18.4 Å². The summed E-state index contributed by atoms with van der Waals surface area (Å²) >= 11 is 0. The summed E-state index contributed by atoms with van der Waals surface area (Å²) in [7, 11) is 0. The fourth-order valence-electron chi connectivity index (χ4n) is 1.06. The van der Waals surface area contributed by atoms with Crippen LogP contribution in [0, 0.1) is 0 Å². The molecule has 0 spiro atoms. The summed E-state index contributed by atoms with van der Waals surface area (Å²) in [6, 6.07) is 0.00481. The van der Waals surface area contributed by atoms with E-state index in [4.69, 9.17) is 4.74 Å². The average molecular weight is 153 g/mol. The number of morpholine rings is 1. The van der Waals surface area contributed by atoms with Gasteiger partial charge in [0, 0.05) is 6.21 Å². The maximum absolute atomic E-state index is 10.7. The third-order valence-electron chi connectivity index (χ3n) is 1.61. The summed E-state index contributed by atoms with van der Waals surface area (Å²) < 4.78 is 4.95. The third kappa shape index (κ3) is 1.14. The van der Waals surface area contributed by atoms with Crippen molar-refractivity contribution in [2.75, 3.05) is 6.54 Å². The normalized spacial score (nSPS) is 34.7. The summed E-state index contributed by atoms with van der Waals surface area (Å²) in [5, 5.41) is 10.3. The Balaban J connectivity index is 2.12. The Kier molecular flexibility index (Phi) is 1.43. The van der Waals surface area contributed by atoms with Gasteiger partial charge in [0.25, 0.3) is 0 Å². The Hall–Kier alpha value is -1.23. The van der Waals surface area contributed by atoms with E-state index in [1.54, 1.807) is 6.21 Å². The molecule has 0 radical (unpaired) electrons. The first-order valence-electron chi connectivity index (χ1n) is 3.36. The maximum Gasteiger partial charge on any atom is 0.320 e. The highest BCUT2D eigenvalue weighted by atomic mass is 16.5. The lowest BCUT2D eigenvalue weighted by Gasteiger charge is -2.27. The van der Waals surface area contributed by atoms with E-state index >= 15 is 0 Å². The van der Waals surface area contributed by atoms with Crippen molar-refractivity contribution in [2.24, 2.45) is 10.2 Å². The molecular formula is C6H7N3O2. The van der Waals surface area contributed by atoms with Crippen LogP contribution in [0.4, 0.5) is 0 Å². The van der Waals surface area contributed by atoms with Gasteiger partial charge in [0.1, 0.15) is 0 Å². The van der Waals surface area contributed by atoms with E-state index < -0.39 is 0 Å². The molecule has 11 heavy (non-hydrogen) atoms. The number of nitrogens with one attached hydrogen (secondary N) is 1. The number of carbonyl (C=O) groups is 1. The summed E-state index contributed by atoms with van der Waals surface area (Å²) in [5.41, 5.74) is 0. The molecule has 0 bridgehead atoms. The van der Waals surface area contributed by atoms with Gasteiger partial charge in [-0.15, -0.1) is 0 Å². The van der Waals surface area contributed by atoms with Crippen molar-refractivity contribution in [1.29, 1.82) is 0 Å². The lowest BCUT2D eigenvalue weighted by atomic mass is 10.1. The summed E-state index contributed by atoms with van der Waals surface area (Å²) in [6.07, 6.45) is 2.89. The average Bonchev–Trinajstić information content (AvgIpc) is 2.04. The van der Waals surface area contributed by atoms with Gasteiger partial charge in [-0.3, -0.25) is 10.1 Å². The molecule has 0 amide bonds. The Morgan fingerprint density at radius 2 is 2.36 bits per heavy atom. The first-order chi connectivity index (χ1) is 5.36. The number of nitrogens with zero attached hydrogens (tertiary/aromatic N) is 2. The molecule has 2 atom stereocenters. The lowest BCUT2D eigenvalue weighted by Crippen LogP contribution is -2.53. The molecule has 0 aromatic heterocycles. The summed E-state index contributed by atoms with van der Waals surface area (Å²) in [6.45, 7) is 0.251. The molecule has 2 rings (SSSR count). The minimum absolute atomic E-state index is 0.00481. The van der Waals surface area contributed by atoms with Crippen LogP contribution in [0.5, 0.6) is 0 Å². The second-order valence-corrected chi connectivity index (χ2v) is 2.39. The molecule has 58 valence electrons. The molecule has 5 nitrogen and oxygen atoms in total. The van der Waals surface area contributed by atoms with Crippen LogP contribution in [-0.2, 0) is 9.53 Å². The van der Waals surface area contributed by atoms with Gasteiger partial charge in [0.15, 0.2) is 6.10 Å². The molecule has 2 aliphatic heterocycles. The molecule has 1 saturated heterocycles. The smallest absolute Gasteiger partial charge is 0.320 e. The molecule has 2 aliphatic rings. The van der Waals surface area contributed by atoms with Crippen LogP contribution >= 0.6 is 0 Å². The topological polar surface area (TPSA) is 63.0 Å². The molecular weight excluding hydrogens is 146 g/mol. The van der Waals surface area contributed by atoms with Gasteiger partial charge >= 0.3 is 5.97 Å². The maximum atomic E-state index is 10.7. The van der Waals surface area contributed by atoms with Crippen LogP contribution in [0.15, 0.2) is 10.2 Å². The molecule has 1 fully saturated rings. The number of hydrogen-bond donors (Lipinski definition) is 1. The van der Waals surface area contributed by atoms with Crippen LogP contribution in [0.3, 0.4) is 0 Å². The highest BCUT2D eigenvalue weighted by Gasteiger charge is 2.29. The quantitative estimate of drug-likeness (QED) is 0.451. The second-order valence-electron chi connectivity index (χ2n) is 2.39. The van der Waals surface area contributed by atoms with E-state index in [0.717, 1.165) is 0 Å². The van der Waals surface area contributed by atoms with Crippen LogP contribution < -0.4 is 5.32 Å². The standard InChI is InChI=1S/C6H7N3O2/c10-6-3-7-4-1-8-9-2-5(4)11-6/h1-2,4-5,7H,3H2. The molecule has 0 aliphatic carbocycles. The van der Waals surface area contributed by atoms with Gasteiger partial charge in [-0.2, -0.15) is 10.2 Å². The van der Waals surface area contributed by atoms with E-state index in [1.807, 2.05) is 0 Å². The third-order valence-corrected chi connectivity index (χ3v) is 1.61. The largest absolute Gasteiger partial charge is 0.453 e. The molecule has 0 aromatic rings. The van der Waals surface area contributed by atoms with Gasteiger partial charge in [0.2, 0.25) is 0 Å². The SMILES string of the molecule is O=C1CNC2C=NN=CC2O1. The van der Waals surface area contributed by atoms with Gasteiger partial charge in [-0.05, 0) is 0 Å². The second kappa shape index (κ2) is 2.43. The Morgan fingerprint density at radius 1 is 1.55 bits per heavy atom. The Labute approximate surface area is 63.1 Å². The monoisotopic (exact) mass is 153 g/mol. The van der Waals surface area contributed by atoms with Crippen LogP contribution in [0.1, 0.15) is 0 Å². The zero-order chi connectivity index (χ0) is 7.68. The van der Waals surface area contributed by atoms with Crippen molar-refractivity contribution in [1.82, 2.24) is 5.32 Å². The molecule has 2 unspecified atom stereocenters. The van der Waals surface area contributed by atoms with E-state index in [9.17, 15) is 4.79 Å². The van der Waals surface area contributed by atoms with Gasteiger partial charge in [0.05, 0.1) is 18.8 Å². The van der Waals surface area contributed by atoms with Crippen molar-refractivity contribution < 1.29 is 9.53 Å². The highest BCUT2D eigenvalue weighted by molar-refractivity contribution is 5.85. The predicted octanol–water partition coefficient (Wildman–Crippen LogP) is -1.06. The first-order valence-corrected chi connectivity index (χ1v) is 3.36. The number of esters is 1. The van der Waals surface area contributed by atoms with E-state index in [2.05, 4.69) is 15.5 Å². The van der Waals surface area contributed by atoms with Gasteiger partial charge < -0.3 is 4.74 Å². The number of carbonyl (C=O) groups excluding carboxylic acids is 1. The molecule has 5 heteroatoms. The molecule has 2 heterocycles. The number of fused-ring (bicyclic) bond motifs is 1. The number of hydrogen-bond acceptors (Lipinski definition) is 5. The van der Waals surface area contributed by atoms with Crippen molar-refractivity contribution in [3.8, 4) is 0 Å². The van der Waals surface area contributed by atoms with Gasteiger partial charge in [-0.1, -0.05) is 0 Å². The predicted molar refractivity (Wildman–Crippen MR) is 38.7 cm³/mol. The minimum Gasteiger partial charge on any atom is -0.453 e. The summed E-state index contributed by atoms with van der Waals surface area (Å²) in [5.74, 6) is -0.243. The fourth-order valence-corrected chi connectivity index (χ4v) is 1.06. The van der Waals surface area contributed by atoms with Crippen LogP contribution in [-0.4, -0.2) is 37.1 Å². The van der Waals surface area contributed by atoms with Crippen molar-refractivity contribution in [3.63, 3.8) is 0 Å². The molecule has 1 N–H and O–H groups in total.